The summed E-state index contributed by atoms with van der Waals surface area (Å²) in [4.78, 5) is 0. The van der Waals surface area contributed by atoms with Gasteiger partial charge in [0, 0.05) is 6.54 Å². The summed E-state index contributed by atoms with van der Waals surface area (Å²) >= 11 is 10.9. The molecule has 7 heteroatoms. The van der Waals surface area contributed by atoms with Gasteiger partial charge in [0.05, 0.1) is 5.02 Å². The third kappa shape index (κ3) is 3.21. The molecule has 0 amide bonds. The summed E-state index contributed by atoms with van der Waals surface area (Å²) in [5.41, 5.74) is 0. The lowest BCUT2D eigenvalue weighted by atomic mass is 10.3. The van der Waals surface area contributed by atoms with Crippen LogP contribution in [0.3, 0.4) is 0 Å². The van der Waals surface area contributed by atoms with E-state index in [9.17, 15) is 4.39 Å². The second kappa shape index (κ2) is 5.99. The number of nitrogens with zero attached hydrogens (tertiary/aromatic N) is 2. The fraction of sp³-hybridized carbons (Fsp3) is 0.167. The molecule has 1 heterocycles. The van der Waals surface area contributed by atoms with Crippen LogP contribution in [0.5, 0.6) is 5.75 Å². The zero-order valence-electron chi connectivity index (χ0n) is 9.90. The van der Waals surface area contributed by atoms with Gasteiger partial charge in [0.15, 0.2) is 10.6 Å². The van der Waals surface area contributed by atoms with Gasteiger partial charge in [-0.1, -0.05) is 17.7 Å². The quantitative estimate of drug-likeness (QED) is 0.679. The minimum Gasteiger partial charge on any atom is -0.484 e. The summed E-state index contributed by atoms with van der Waals surface area (Å²) in [6, 6.07) is 3.94. The normalized spacial score (nSPS) is 10.4. The molecule has 19 heavy (non-hydrogen) atoms. The largest absolute Gasteiger partial charge is 0.484 e. The van der Waals surface area contributed by atoms with Gasteiger partial charge in [-0.05, 0) is 30.4 Å². The molecular weight excluding hydrogens is 289 g/mol. The molecular formula is C12H11ClFN3OS. The lowest BCUT2D eigenvalue weighted by Crippen LogP contribution is -2.06. The predicted molar refractivity (Wildman–Crippen MR) is 73.4 cm³/mol. The second-order valence-corrected chi connectivity index (χ2v) is 4.50. The maximum absolute atomic E-state index is 12.9. The first-order valence-corrected chi connectivity index (χ1v) is 6.23. The first-order chi connectivity index (χ1) is 9.11. The number of allylic oxidation sites excluding steroid dienone is 1. The van der Waals surface area contributed by atoms with Crippen molar-refractivity contribution in [3.8, 4) is 5.75 Å². The fourth-order valence-corrected chi connectivity index (χ4v) is 1.96. The molecule has 2 aromatic rings. The highest BCUT2D eigenvalue weighted by molar-refractivity contribution is 7.71. The molecule has 0 fully saturated rings. The Labute approximate surface area is 119 Å². The maximum atomic E-state index is 12.9. The average molecular weight is 300 g/mol. The van der Waals surface area contributed by atoms with Crippen molar-refractivity contribution >= 4 is 23.8 Å². The predicted octanol–water partition coefficient (Wildman–Crippen LogP) is 3.50. The van der Waals surface area contributed by atoms with Gasteiger partial charge < -0.3 is 4.74 Å². The van der Waals surface area contributed by atoms with Crippen molar-refractivity contribution in [3.05, 3.63) is 52.3 Å². The third-order valence-electron chi connectivity index (χ3n) is 2.40. The van der Waals surface area contributed by atoms with E-state index in [2.05, 4.69) is 16.8 Å². The highest BCUT2D eigenvalue weighted by Crippen LogP contribution is 2.25. The topological polar surface area (TPSA) is 42.8 Å². The van der Waals surface area contributed by atoms with Crippen molar-refractivity contribution in [2.45, 2.75) is 13.2 Å². The van der Waals surface area contributed by atoms with Crippen molar-refractivity contribution < 1.29 is 9.13 Å². The molecule has 2 rings (SSSR count). The van der Waals surface area contributed by atoms with Crippen LogP contribution in [-0.4, -0.2) is 14.8 Å². The van der Waals surface area contributed by atoms with Crippen LogP contribution in [0.25, 0.3) is 0 Å². The lowest BCUT2D eigenvalue weighted by molar-refractivity contribution is 0.290. The smallest absolute Gasteiger partial charge is 0.195 e. The Balaban J connectivity index is 2.14. The van der Waals surface area contributed by atoms with E-state index >= 15 is 0 Å². The molecule has 0 aliphatic rings. The van der Waals surface area contributed by atoms with Gasteiger partial charge in [-0.3, -0.25) is 9.67 Å². The number of benzene rings is 1. The van der Waals surface area contributed by atoms with Crippen LogP contribution < -0.4 is 4.74 Å². The number of H-pyrrole nitrogens is 1. The monoisotopic (exact) mass is 299 g/mol. The molecule has 0 radical (unpaired) electrons. The first-order valence-electron chi connectivity index (χ1n) is 5.44. The Morgan fingerprint density at radius 2 is 2.37 bits per heavy atom. The van der Waals surface area contributed by atoms with E-state index in [-0.39, 0.29) is 11.6 Å². The van der Waals surface area contributed by atoms with Crippen molar-refractivity contribution in [2.75, 3.05) is 0 Å². The van der Waals surface area contributed by atoms with E-state index in [1.807, 2.05) is 0 Å². The van der Waals surface area contributed by atoms with Crippen LogP contribution in [0.4, 0.5) is 4.39 Å². The van der Waals surface area contributed by atoms with Crippen LogP contribution >= 0.6 is 23.8 Å². The molecule has 0 spiro atoms. The lowest BCUT2D eigenvalue weighted by Gasteiger charge is -2.08. The molecule has 0 aliphatic carbocycles. The number of nitrogens with one attached hydrogen (secondary N) is 1. The van der Waals surface area contributed by atoms with Crippen LogP contribution in [0.1, 0.15) is 5.82 Å². The first kappa shape index (κ1) is 13.8. The Hall–Kier alpha value is -1.66. The number of hydrogen-bond donors (Lipinski definition) is 1. The minimum atomic E-state index is -0.410. The average Bonchev–Trinajstić information content (AvgIpc) is 2.71. The zero-order chi connectivity index (χ0) is 13.8. The summed E-state index contributed by atoms with van der Waals surface area (Å²) in [5, 5.41) is 6.94. The standard InChI is InChI=1S/C12H11ClFN3OS/c1-2-5-17-11(15-16-12(17)19)7-18-10-4-3-8(14)6-9(10)13/h2-4,6H,1,5,7H2,(H,16,19). The number of aromatic amines is 1. The molecule has 0 aliphatic heterocycles. The fourth-order valence-electron chi connectivity index (χ4n) is 1.51. The molecule has 1 aromatic carbocycles. The Morgan fingerprint density at radius 1 is 1.58 bits per heavy atom. The van der Waals surface area contributed by atoms with Gasteiger partial charge in [-0.2, -0.15) is 5.10 Å². The molecule has 0 saturated carbocycles. The third-order valence-corrected chi connectivity index (χ3v) is 3.01. The molecule has 0 unspecified atom stereocenters. The highest BCUT2D eigenvalue weighted by Gasteiger charge is 2.08. The number of halogens is 2. The zero-order valence-corrected chi connectivity index (χ0v) is 11.5. The molecule has 0 atom stereocenters. The summed E-state index contributed by atoms with van der Waals surface area (Å²) in [7, 11) is 0. The van der Waals surface area contributed by atoms with E-state index < -0.39 is 5.82 Å². The summed E-state index contributed by atoms with van der Waals surface area (Å²) in [6.45, 7) is 4.35. The van der Waals surface area contributed by atoms with Crippen molar-refractivity contribution in [1.29, 1.82) is 0 Å². The van der Waals surface area contributed by atoms with Gasteiger partial charge >= 0.3 is 0 Å². The van der Waals surface area contributed by atoms with Crippen LogP contribution in [0.15, 0.2) is 30.9 Å². The number of rotatable bonds is 5. The van der Waals surface area contributed by atoms with Gasteiger partial charge in [0.1, 0.15) is 18.2 Å². The van der Waals surface area contributed by atoms with Crippen LogP contribution in [-0.2, 0) is 13.2 Å². The molecule has 1 N–H and O–H groups in total. The second-order valence-electron chi connectivity index (χ2n) is 3.71. The Kier molecular flexibility index (Phi) is 4.34. The molecule has 4 nitrogen and oxygen atoms in total. The number of hydrogen-bond acceptors (Lipinski definition) is 3. The maximum Gasteiger partial charge on any atom is 0.195 e. The van der Waals surface area contributed by atoms with Crippen molar-refractivity contribution in [1.82, 2.24) is 14.8 Å². The number of aromatic nitrogens is 3. The van der Waals surface area contributed by atoms with E-state index in [1.165, 1.54) is 18.2 Å². The SMILES string of the molecule is C=CCn1c(COc2ccc(F)cc2Cl)n[nH]c1=S. The molecule has 100 valence electrons. The number of ether oxygens (including phenoxy) is 1. The van der Waals surface area contributed by atoms with Gasteiger partial charge in [-0.25, -0.2) is 4.39 Å². The molecule has 1 aromatic heterocycles. The van der Waals surface area contributed by atoms with Gasteiger partial charge in [-0.15, -0.1) is 6.58 Å². The highest BCUT2D eigenvalue weighted by atomic mass is 35.5. The van der Waals surface area contributed by atoms with Crippen molar-refractivity contribution in [2.24, 2.45) is 0 Å². The summed E-state index contributed by atoms with van der Waals surface area (Å²) in [5.74, 6) is 0.596. The Morgan fingerprint density at radius 3 is 3.05 bits per heavy atom. The van der Waals surface area contributed by atoms with E-state index in [4.69, 9.17) is 28.6 Å². The Bertz CT molecular complexity index is 653. The van der Waals surface area contributed by atoms with Crippen molar-refractivity contribution in [3.63, 3.8) is 0 Å². The molecule has 0 bridgehead atoms. The van der Waals surface area contributed by atoms with Crippen LogP contribution in [0.2, 0.25) is 5.02 Å². The molecule has 0 saturated heterocycles. The van der Waals surface area contributed by atoms with E-state index in [0.29, 0.717) is 22.9 Å². The van der Waals surface area contributed by atoms with Gasteiger partial charge in [0.25, 0.3) is 0 Å². The van der Waals surface area contributed by atoms with Gasteiger partial charge in [0.2, 0.25) is 0 Å². The van der Waals surface area contributed by atoms with E-state index in [0.717, 1.165) is 0 Å². The summed E-state index contributed by atoms with van der Waals surface area (Å²) in [6.07, 6.45) is 1.71. The summed E-state index contributed by atoms with van der Waals surface area (Å²) < 4.78 is 20.6. The minimum absolute atomic E-state index is 0.173. The van der Waals surface area contributed by atoms with Crippen LogP contribution in [0, 0.1) is 10.6 Å². The van der Waals surface area contributed by atoms with E-state index in [1.54, 1.807) is 10.6 Å².